The first-order chi connectivity index (χ1) is 16.4. The molecule has 2 unspecified atom stereocenters. The van der Waals surface area contributed by atoms with Crippen molar-refractivity contribution in [1.29, 1.82) is 0 Å². The van der Waals surface area contributed by atoms with Crippen LogP contribution in [0.4, 0.5) is 5.69 Å². The maximum atomic E-state index is 13.3. The van der Waals surface area contributed by atoms with E-state index in [1.807, 2.05) is 31.3 Å². The Bertz CT molecular complexity index is 1290. The van der Waals surface area contributed by atoms with E-state index >= 15 is 0 Å². The smallest absolute Gasteiger partial charge is 0.243 e. The minimum atomic E-state index is -3.60. The Morgan fingerprint density at radius 2 is 1.79 bits per heavy atom. The molecule has 1 aliphatic carbocycles. The molecule has 1 amide bonds. The number of hydrogen-bond acceptors (Lipinski definition) is 6. The van der Waals surface area contributed by atoms with Gasteiger partial charge in [-0.25, -0.2) is 13.4 Å². The summed E-state index contributed by atoms with van der Waals surface area (Å²) in [6, 6.07) is 14.6. The van der Waals surface area contributed by atoms with E-state index in [0.717, 1.165) is 21.6 Å². The molecule has 1 saturated heterocycles. The summed E-state index contributed by atoms with van der Waals surface area (Å²) in [5, 5.41) is 3.95. The van der Waals surface area contributed by atoms with Crippen molar-refractivity contribution in [2.75, 3.05) is 38.5 Å². The Morgan fingerprint density at radius 3 is 2.59 bits per heavy atom. The van der Waals surface area contributed by atoms with Gasteiger partial charge in [0.25, 0.3) is 0 Å². The van der Waals surface area contributed by atoms with Crippen molar-refractivity contribution in [2.24, 2.45) is 5.92 Å². The fraction of sp³-hybridized carbons (Fsp3) is 0.360. The maximum Gasteiger partial charge on any atom is 0.243 e. The number of benzene rings is 2. The molecule has 9 heteroatoms. The molecule has 1 N–H and O–H groups in total. The highest BCUT2D eigenvalue weighted by Gasteiger charge is 2.33. The van der Waals surface area contributed by atoms with Gasteiger partial charge in [0.05, 0.1) is 26.0 Å². The molecule has 2 aromatic carbocycles. The molecule has 178 valence electrons. The SMILES string of the molecule is CN1CCN(S(=O)(=O)c2cccc(NC(=O)C3CC=CCC3c3nc4ccccc4s3)c2)CC1. The van der Waals surface area contributed by atoms with Crippen molar-refractivity contribution in [3.63, 3.8) is 0 Å². The number of likely N-dealkylation sites (N-methyl/N-ethyl adjacent to an activating group) is 1. The van der Waals surface area contributed by atoms with Crippen LogP contribution in [-0.4, -0.2) is 61.7 Å². The third-order valence-corrected chi connectivity index (χ3v) is 9.66. The van der Waals surface area contributed by atoms with Gasteiger partial charge in [0, 0.05) is 37.8 Å². The summed E-state index contributed by atoms with van der Waals surface area (Å²) in [5.41, 5.74) is 1.45. The summed E-state index contributed by atoms with van der Waals surface area (Å²) in [7, 11) is -1.61. The Hall–Kier alpha value is -2.59. The van der Waals surface area contributed by atoms with Crippen LogP contribution in [0.2, 0.25) is 0 Å². The minimum absolute atomic E-state index is 0.000320. The van der Waals surface area contributed by atoms with Crippen LogP contribution in [0.15, 0.2) is 65.6 Å². The number of piperazine rings is 1. The summed E-state index contributed by atoms with van der Waals surface area (Å²) in [6.07, 6.45) is 5.55. The van der Waals surface area contributed by atoms with Crippen LogP contribution in [0.3, 0.4) is 0 Å². The van der Waals surface area contributed by atoms with Crippen molar-refractivity contribution in [3.8, 4) is 0 Å². The van der Waals surface area contributed by atoms with E-state index in [2.05, 4.69) is 22.4 Å². The Morgan fingerprint density at radius 1 is 1.03 bits per heavy atom. The molecule has 0 bridgehead atoms. The molecule has 1 aromatic heterocycles. The topological polar surface area (TPSA) is 82.6 Å². The third-order valence-electron chi connectivity index (χ3n) is 6.60. The molecule has 2 atom stereocenters. The van der Waals surface area contributed by atoms with Gasteiger partial charge >= 0.3 is 0 Å². The number of nitrogens with one attached hydrogen (secondary N) is 1. The number of anilines is 1. The number of para-hydroxylation sites is 1. The molecule has 0 saturated carbocycles. The summed E-state index contributed by atoms with van der Waals surface area (Å²) >= 11 is 1.64. The second kappa shape index (κ2) is 9.58. The number of nitrogens with zero attached hydrogens (tertiary/aromatic N) is 3. The quantitative estimate of drug-likeness (QED) is 0.542. The van der Waals surface area contributed by atoms with E-state index in [-0.39, 0.29) is 22.6 Å². The van der Waals surface area contributed by atoms with E-state index in [9.17, 15) is 13.2 Å². The lowest BCUT2D eigenvalue weighted by Gasteiger charge is -2.31. The Kier molecular flexibility index (Phi) is 6.52. The molecule has 2 heterocycles. The highest BCUT2D eigenvalue weighted by molar-refractivity contribution is 7.89. The summed E-state index contributed by atoms with van der Waals surface area (Å²) in [4.78, 5) is 20.5. The van der Waals surface area contributed by atoms with Crippen molar-refractivity contribution < 1.29 is 13.2 Å². The van der Waals surface area contributed by atoms with Crippen LogP contribution in [-0.2, 0) is 14.8 Å². The minimum Gasteiger partial charge on any atom is -0.326 e. The van der Waals surface area contributed by atoms with Crippen molar-refractivity contribution in [3.05, 3.63) is 65.7 Å². The van der Waals surface area contributed by atoms with E-state index in [0.29, 0.717) is 38.3 Å². The zero-order chi connectivity index (χ0) is 23.7. The lowest BCUT2D eigenvalue weighted by atomic mass is 9.82. The van der Waals surface area contributed by atoms with E-state index in [1.165, 1.54) is 4.31 Å². The molecule has 5 rings (SSSR count). The molecule has 3 aromatic rings. The highest BCUT2D eigenvalue weighted by atomic mass is 32.2. The predicted octanol–water partition coefficient (Wildman–Crippen LogP) is 3.92. The molecule has 1 aliphatic heterocycles. The molecule has 1 fully saturated rings. The van der Waals surface area contributed by atoms with E-state index < -0.39 is 10.0 Å². The van der Waals surface area contributed by atoms with Gasteiger partial charge in [-0.2, -0.15) is 4.31 Å². The van der Waals surface area contributed by atoms with Crippen LogP contribution in [0, 0.1) is 5.92 Å². The first kappa shape index (κ1) is 23.2. The number of sulfonamides is 1. The highest BCUT2D eigenvalue weighted by Crippen LogP contribution is 2.39. The number of fused-ring (bicyclic) bond motifs is 1. The maximum absolute atomic E-state index is 13.3. The number of carbonyl (C=O) groups excluding carboxylic acids is 1. The number of carbonyl (C=O) groups is 1. The summed E-state index contributed by atoms with van der Waals surface area (Å²) in [6.45, 7) is 2.34. The van der Waals surface area contributed by atoms with Gasteiger partial charge in [-0.3, -0.25) is 4.79 Å². The average Bonchev–Trinajstić information content (AvgIpc) is 3.29. The first-order valence-electron chi connectivity index (χ1n) is 11.5. The largest absolute Gasteiger partial charge is 0.326 e. The molecule has 7 nitrogen and oxygen atoms in total. The van der Waals surface area contributed by atoms with Crippen molar-refractivity contribution in [1.82, 2.24) is 14.2 Å². The molecule has 2 aliphatic rings. The van der Waals surface area contributed by atoms with Crippen LogP contribution in [0.25, 0.3) is 10.2 Å². The van der Waals surface area contributed by atoms with Gasteiger partial charge in [-0.05, 0) is 50.2 Å². The van der Waals surface area contributed by atoms with E-state index in [4.69, 9.17) is 4.98 Å². The van der Waals surface area contributed by atoms with E-state index in [1.54, 1.807) is 35.6 Å². The summed E-state index contributed by atoms with van der Waals surface area (Å²) < 4.78 is 28.9. The predicted molar refractivity (Wildman–Crippen MR) is 136 cm³/mol. The number of rotatable bonds is 5. The standard InChI is InChI=1S/C25H28N4O3S2/c1-28-13-15-29(16-14-28)34(31,32)19-8-6-7-18(17-19)26-24(30)20-9-2-3-10-21(20)25-27-22-11-4-5-12-23(22)33-25/h2-8,11-12,17,20-21H,9-10,13-16H2,1H3,(H,26,30). The number of aromatic nitrogens is 1. The average molecular weight is 497 g/mol. The number of hydrogen-bond donors (Lipinski definition) is 1. The van der Waals surface area contributed by atoms with Gasteiger partial charge < -0.3 is 10.2 Å². The van der Waals surface area contributed by atoms with Crippen molar-refractivity contribution >= 4 is 43.2 Å². The van der Waals surface area contributed by atoms with Gasteiger partial charge in [-0.1, -0.05) is 30.4 Å². The summed E-state index contributed by atoms with van der Waals surface area (Å²) in [5.74, 6) is -0.370. The fourth-order valence-electron chi connectivity index (χ4n) is 4.57. The molecular weight excluding hydrogens is 468 g/mol. The third kappa shape index (κ3) is 4.65. The molecular formula is C25H28N4O3S2. The first-order valence-corrected chi connectivity index (χ1v) is 13.8. The molecule has 34 heavy (non-hydrogen) atoms. The fourth-order valence-corrected chi connectivity index (χ4v) is 7.19. The second-order valence-corrected chi connectivity index (χ2v) is 11.9. The van der Waals surface area contributed by atoms with Gasteiger partial charge in [-0.15, -0.1) is 11.3 Å². The zero-order valence-corrected chi connectivity index (χ0v) is 20.7. The number of allylic oxidation sites excluding steroid dienone is 2. The lowest BCUT2D eigenvalue weighted by Crippen LogP contribution is -2.47. The Labute approximate surface area is 204 Å². The Balaban J connectivity index is 1.34. The van der Waals surface area contributed by atoms with Crippen LogP contribution >= 0.6 is 11.3 Å². The van der Waals surface area contributed by atoms with Crippen LogP contribution in [0.5, 0.6) is 0 Å². The number of thiazole rings is 1. The van der Waals surface area contributed by atoms with Gasteiger partial charge in [0.15, 0.2) is 0 Å². The molecule has 0 spiro atoms. The molecule has 0 radical (unpaired) electrons. The van der Waals surface area contributed by atoms with Gasteiger partial charge in [0.1, 0.15) is 0 Å². The monoisotopic (exact) mass is 496 g/mol. The van der Waals surface area contributed by atoms with Gasteiger partial charge in [0.2, 0.25) is 15.9 Å². The zero-order valence-electron chi connectivity index (χ0n) is 19.1. The number of amides is 1. The second-order valence-electron chi connectivity index (χ2n) is 8.90. The van der Waals surface area contributed by atoms with Crippen molar-refractivity contribution in [2.45, 2.75) is 23.7 Å². The van der Waals surface area contributed by atoms with Crippen LogP contribution < -0.4 is 5.32 Å². The lowest BCUT2D eigenvalue weighted by molar-refractivity contribution is -0.120. The normalized spacial score (nSPS) is 22.1. The van der Waals surface area contributed by atoms with Crippen LogP contribution in [0.1, 0.15) is 23.8 Å².